The highest BCUT2D eigenvalue weighted by Crippen LogP contribution is 2.44. The average Bonchev–Trinajstić information content (AvgIpc) is 3.88. The Morgan fingerprint density at radius 2 is 0.964 bits per heavy atom. The molecule has 0 radical (unpaired) electrons. The molecule has 0 aliphatic heterocycles. The van der Waals surface area contributed by atoms with E-state index >= 15 is 0 Å². The van der Waals surface area contributed by atoms with Crippen LogP contribution in [0, 0.1) is 0 Å². The maximum Gasteiger partial charge on any atom is 0.166 e. The smallest absolute Gasteiger partial charge is 0.166 e. The van der Waals surface area contributed by atoms with Crippen molar-refractivity contribution >= 4 is 43.7 Å². The Morgan fingerprint density at radius 1 is 0.411 bits per heavy atom. The Hall–Kier alpha value is -7.63. The van der Waals surface area contributed by atoms with E-state index in [9.17, 15) is 5.48 Å². The second-order valence-corrected chi connectivity index (χ2v) is 13.5. The molecule has 0 bridgehead atoms. The van der Waals surface area contributed by atoms with E-state index in [-0.39, 0.29) is 58.1 Å². The Morgan fingerprint density at radius 3 is 1.73 bits per heavy atom. The van der Waals surface area contributed by atoms with Crippen LogP contribution in [-0.2, 0) is 0 Å². The van der Waals surface area contributed by atoms with Gasteiger partial charge in [-0.3, -0.25) is 0 Å². The molecule has 11 aromatic rings. The van der Waals surface area contributed by atoms with Crippen LogP contribution in [-0.4, -0.2) is 19.5 Å². The number of furan rings is 1. The van der Waals surface area contributed by atoms with Gasteiger partial charge < -0.3 is 8.98 Å². The van der Waals surface area contributed by atoms with E-state index in [0.29, 0.717) is 51.0 Å². The van der Waals surface area contributed by atoms with Gasteiger partial charge in [0.1, 0.15) is 11.2 Å². The number of para-hydroxylation sites is 5. The van der Waals surface area contributed by atoms with E-state index in [1.54, 1.807) is 4.57 Å². The topological polar surface area (TPSA) is 56.7 Å². The van der Waals surface area contributed by atoms with E-state index in [2.05, 4.69) is 18.2 Å². The average molecular weight is 723 g/mol. The number of hydrogen-bond acceptors (Lipinski definition) is 4. The number of nitrogens with zero attached hydrogens (tertiary/aromatic N) is 4. The molecule has 3 aromatic heterocycles. The van der Waals surface area contributed by atoms with Crippen molar-refractivity contribution in [3.63, 3.8) is 0 Å². The number of benzene rings is 8. The van der Waals surface area contributed by atoms with E-state index in [1.165, 1.54) is 12.1 Å². The lowest BCUT2D eigenvalue weighted by molar-refractivity contribution is 0.670. The number of fused-ring (bicyclic) bond motifs is 6. The Bertz CT molecular complexity index is 3530. The summed E-state index contributed by atoms with van der Waals surface area (Å²) >= 11 is 0. The van der Waals surface area contributed by atoms with Gasteiger partial charge in [0.15, 0.2) is 17.5 Å². The molecule has 0 atom stereocenters. The van der Waals surface area contributed by atoms with Crippen LogP contribution in [0.25, 0.3) is 106 Å². The lowest BCUT2D eigenvalue weighted by atomic mass is 9.97. The number of aromatic nitrogens is 4. The molecule has 5 heteroatoms. The van der Waals surface area contributed by atoms with Gasteiger partial charge in [-0.05, 0) is 41.4 Å². The van der Waals surface area contributed by atoms with Crippen LogP contribution in [0.1, 0.15) is 8.22 Å². The van der Waals surface area contributed by atoms with Gasteiger partial charge in [0.05, 0.1) is 24.9 Å². The van der Waals surface area contributed by atoms with Crippen molar-refractivity contribution in [2.24, 2.45) is 0 Å². The van der Waals surface area contributed by atoms with E-state index in [0.717, 1.165) is 33.0 Å². The molecule has 5 nitrogen and oxygen atoms in total. The van der Waals surface area contributed by atoms with Crippen molar-refractivity contribution in [1.82, 2.24) is 19.5 Å². The SMILES string of the molecule is [2H]c1cc([2H])c2c(c1[2H])c1c([2H])c([2H])cc([2H])c1n2-c1c(-c2nc(-c3ccccc3)nc(-c3cccc(-c4ccccc4)c3)n2)cccc1-c1cccc2c1oc1ccccc12. The predicted molar refractivity (Wildman–Crippen MR) is 229 cm³/mol. The summed E-state index contributed by atoms with van der Waals surface area (Å²) in [5.41, 5.74) is 7.65. The van der Waals surface area contributed by atoms with Crippen LogP contribution in [0.15, 0.2) is 198 Å². The zero-order valence-corrected chi connectivity index (χ0v) is 29.7. The zero-order chi connectivity index (χ0) is 42.2. The Balaban J connectivity index is 1.29. The van der Waals surface area contributed by atoms with Crippen molar-refractivity contribution < 1.29 is 12.6 Å². The minimum absolute atomic E-state index is 0.0794. The molecule has 0 saturated carbocycles. The molecule has 0 spiro atoms. The summed E-state index contributed by atoms with van der Waals surface area (Å²) in [6, 6.07) is 49.0. The summed E-state index contributed by atoms with van der Waals surface area (Å²) in [6.45, 7) is 0. The highest BCUT2D eigenvalue weighted by atomic mass is 16.3. The quantitative estimate of drug-likeness (QED) is 0.171. The summed E-state index contributed by atoms with van der Waals surface area (Å²) in [5.74, 6) is 1.15. The molecule has 56 heavy (non-hydrogen) atoms. The second kappa shape index (κ2) is 13.0. The summed E-state index contributed by atoms with van der Waals surface area (Å²) in [4.78, 5) is 15.4. The van der Waals surface area contributed by atoms with Crippen molar-refractivity contribution in [3.05, 3.63) is 194 Å². The number of hydrogen-bond donors (Lipinski definition) is 0. The fourth-order valence-electron chi connectivity index (χ4n) is 7.69. The molecule has 0 aliphatic carbocycles. The lowest BCUT2D eigenvalue weighted by Crippen LogP contribution is -2.05. The van der Waals surface area contributed by atoms with Gasteiger partial charge in [-0.25, -0.2) is 15.0 Å². The highest BCUT2D eigenvalue weighted by molar-refractivity contribution is 6.13. The molecule has 0 fully saturated rings. The molecule has 262 valence electrons. The first-order valence-electron chi connectivity index (χ1n) is 21.3. The fourth-order valence-corrected chi connectivity index (χ4v) is 7.69. The molecule has 0 aliphatic rings. The largest absolute Gasteiger partial charge is 0.455 e. The van der Waals surface area contributed by atoms with Crippen LogP contribution < -0.4 is 0 Å². The summed E-state index contributed by atoms with van der Waals surface area (Å²) in [5, 5.41) is 2.13. The standard InChI is InChI=1S/C51H32N4O/c1-3-16-33(17-4-1)35-20-13-21-36(32-35)50-52-49(34-18-5-2-6-19-34)53-51(54-50)43-28-14-25-40(42-27-15-26-41-39-24-9-12-31-46(39)56-48(41)42)47(43)55-44-29-10-7-22-37(44)38-23-8-11-30-45(38)55/h1-32H/i7D,8D,22D,23D,29D,30D. The monoisotopic (exact) mass is 722 g/mol. The third kappa shape index (κ3) is 5.21. The van der Waals surface area contributed by atoms with Gasteiger partial charge >= 0.3 is 0 Å². The van der Waals surface area contributed by atoms with Crippen molar-refractivity contribution in [1.29, 1.82) is 0 Å². The number of rotatable bonds is 6. The second-order valence-electron chi connectivity index (χ2n) is 13.5. The third-order valence-electron chi connectivity index (χ3n) is 10.2. The molecule has 0 amide bonds. The van der Waals surface area contributed by atoms with E-state index in [4.69, 9.17) is 22.1 Å². The molecular formula is C51H32N4O. The first-order chi connectivity index (χ1) is 30.2. The summed E-state index contributed by atoms with van der Waals surface area (Å²) in [6.07, 6.45) is 0. The normalized spacial score (nSPS) is 13.1. The van der Waals surface area contributed by atoms with Crippen molar-refractivity contribution in [2.75, 3.05) is 0 Å². The Kier molecular flexibility index (Phi) is 6.10. The Labute approximate surface area is 331 Å². The van der Waals surface area contributed by atoms with Gasteiger partial charge in [-0.2, -0.15) is 0 Å². The highest BCUT2D eigenvalue weighted by Gasteiger charge is 2.24. The first-order valence-corrected chi connectivity index (χ1v) is 18.3. The maximum atomic E-state index is 9.40. The molecule has 0 saturated heterocycles. The molecule has 3 heterocycles. The van der Waals surface area contributed by atoms with Gasteiger partial charge in [0.2, 0.25) is 0 Å². The summed E-state index contributed by atoms with van der Waals surface area (Å²) < 4.78 is 62.9. The lowest BCUT2D eigenvalue weighted by Gasteiger charge is -2.19. The van der Waals surface area contributed by atoms with Gasteiger partial charge in [-0.1, -0.05) is 164 Å². The minimum Gasteiger partial charge on any atom is -0.455 e. The first kappa shape index (κ1) is 26.2. The summed E-state index contributed by atoms with van der Waals surface area (Å²) in [7, 11) is 0. The van der Waals surface area contributed by atoms with Gasteiger partial charge in [-0.15, -0.1) is 0 Å². The predicted octanol–water partition coefficient (Wildman–Crippen LogP) is 13.2. The van der Waals surface area contributed by atoms with Gasteiger partial charge in [0.25, 0.3) is 0 Å². The molecule has 0 unspecified atom stereocenters. The van der Waals surface area contributed by atoms with E-state index < -0.39 is 0 Å². The third-order valence-corrected chi connectivity index (χ3v) is 10.2. The van der Waals surface area contributed by atoms with Crippen LogP contribution in [0.5, 0.6) is 0 Å². The van der Waals surface area contributed by atoms with Crippen LogP contribution >= 0.6 is 0 Å². The van der Waals surface area contributed by atoms with Crippen LogP contribution in [0.3, 0.4) is 0 Å². The van der Waals surface area contributed by atoms with Crippen molar-refractivity contribution in [2.45, 2.75) is 0 Å². The maximum absolute atomic E-state index is 9.40. The fraction of sp³-hybridized carbons (Fsp3) is 0. The molecule has 11 rings (SSSR count). The molecule has 8 aromatic carbocycles. The van der Waals surface area contributed by atoms with Crippen LogP contribution in [0.2, 0.25) is 0 Å². The van der Waals surface area contributed by atoms with Gasteiger partial charge in [0, 0.05) is 49.4 Å². The molecule has 0 N–H and O–H groups in total. The van der Waals surface area contributed by atoms with E-state index in [1.807, 2.05) is 127 Å². The van der Waals surface area contributed by atoms with Crippen LogP contribution in [0.4, 0.5) is 0 Å². The molecular weight excluding hydrogens is 685 g/mol. The zero-order valence-electron chi connectivity index (χ0n) is 35.7. The van der Waals surface area contributed by atoms with Crippen molar-refractivity contribution in [3.8, 4) is 62.1 Å². The minimum atomic E-state index is -0.205.